The summed E-state index contributed by atoms with van der Waals surface area (Å²) in [6.45, 7) is 1.62. The van der Waals surface area contributed by atoms with Crippen molar-refractivity contribution in [3.63, 3.8) is 0 Å². The molecule has 4 aliphatic rings. The van der Waals surface area contributed by atoms with Gasteiger partial charge in [-0.3, -0.25) is 19.7 Å². The van der Waals surface area contributed by atoms with Gasteiger partial charge in [0.2, 0.25) is 24.5 Å². The van der Waals surface area contributed by atoms with E-state index in [0.29, 0.717) is 28.4 Å². The SMILES string of the molecule is C[C@@H](O)[C@@H]1N[C@]2(C(=O)Nc3ccccc32)[C@@H]2C(=O)N(c3ccc4c(c3)OCO4)C(=O)[C@H]12. The van der Waals surface area contributed by atoms with Crippen molar-refractivity contribution in [2.75, 3.05) is 17.0 Å². The predicted octanol–water partition coefficient (Wildman–Crippen LogP) is 0.721. The summed E-state index contributed by atoms with van der Waals surface area (Å²) in [6.07, 6.45) is -0.958. The lowest BCUT2D eigenvalue weighted by Gasteiger charge is -2.30. The number of imide groups is 1. The van der Waals surface area contributed by atoms with Crippen LogP contribution in [0.3, 0.4) is 0 Å². The minimum absolute atomic E-state index is 0.0695. The normalized spacial score (nSPS) is 31.2. The van der Waals surface area contributed by atoms with Crippen molar-refractivity contribution in [3.8, 4) is 11.5 Å². The van der Waals surface area contributed by atoms with Gasteiger partial charge in [0.1, 0.15) is 5.54 Å². The molecular weight excluding hydrogens is 402 g/mol. The van der Waals surface area contributed by atoms with E-state index < -0.39 is 47.2 Å². The number of hydrogen-bond donors (Lipinski definition) is 3. The number of fused-ring (bicyclic) bond motifs is 5. The van der Waals surface area contributed by atoms with E-state index >= 15 is 0 Å². The first-order chi connectivity index (χ1) is 14.9. The van der Waals surface area contributed by atoms with E-state index in [1.54, 1.807) is 49.4 Å². The van der Waals surface area contributed by atoms with Crippen LogP contribution in [0.5, 0.6) is 11.5 Å². The number of amides is 3. The lowest BCUT2D eigenvalue weighted by Crippen LogP contribution is -2.54. The summed E-state index contributed by atoms with van der Waals surface area (Å²) in [7, 11) is 0. The second kappa shape index (κ2) is 6.05. The van der Waals surface area contributed by atoms with Crippen LogP contribution in [0.25, 0.3) is 0 Å². The Bertz CT molecular complexity index is 1160. The molecule has 2 aromatic rings. The number of carbonyl (C=O) groups is 3. The van der Waals surface area contributed by atoms with Crippen molar-refractivity contribution in [3.05, 3.63) is 48.0 Å². The van der Waals surface area contributed by atoms with Crippen LogP contribution in [-0.2, 0) is 19.9 Å². The molecule has 0 radical (unpaired) electrons. The van der Waals surface area contributed by atoms with E-state index in [2.05, 4.69) is 10.6 Å². The van der Waals surface area contributed by atoms with Crippen molar-refractivity contribution in [1.82, 2.24) is 5.32 Å². The van der Waals surface area contributed by atoms with Crippen LogP contribution in [0, 0.1) is 11.8 Å². The maximum absolute atomic E-state index is 13.7. The average molecular weight is 421 g/mol. The van der Waals surface area contributed by atoms with E-state index in [1.165, 1.54) is 0 Å². The van der Waals surface area contributed by atoms with Crippen molar-refractivity contribution >= 4 is 29.1 Å². The molecule has 0 aromatic heterocycles. The van der Waals surface area contributed by atoms with Gasteiger partial charge in [-0.15, -0.1) is 0 Å². The number of benzene rings is 2. The van der Waals surface area contributed by atoms with Crippen LogP contribution in [0.4, 0.5) is 11.4 Å². The average Bonchev–Trinajstić information content (AvgIpc) is 3.47. The quantitative estimate of drug-likeness (QED) is 0.612. The van der Waals surface area contributed by atoms with E-state index in [0.717, 1.165) is 4.90 Å². The van der Waals surface area contributed by atoms with Gasteiger partial charge in [-0.1, -0.05) is 18.2 Å². The van der Waals surface area contributed by atoms with Crippen LogP contribution >= 0.6 is 0 Å². The first-order valence-corrected chi connectivity index (χ1v) is 10.1. The Labute approximate surface area is 176 Å². The molecule has 5 atom stereocenters. The number of rotatable bonds is 2. The summed E-state index contributed by atoms with van der Waals surface area (Å²) in [6, 6.07) is 11.2. The van der Waals surface area contributed by atoms with Gasteiger partial charge in [0, 0.05) is 23.4 Å². The minimum atomic E-state index is -1.43. The van der Waals surface area contributed by atoms with Gasteiger partial charge < -0.3 is 19.9 Å². The van der Waals surface area contributed by atoms with Crippen molar-refractivity contribution in [1.29, 1.82) is 0 Å². The first-order valence-electron chi connectivity index (χ1n) is 10.1. The summed E-state index contributed by atoms with van der Waals surface area (Å²) in [5.41, 5.74) is 0.110. The summed E-state index contributed by atoms with van der Waals surface area (Å²) in [4.78, 5) is 41.6. The van der Waals surface area contributed by atoms with Crippen LogP contribution in [-0.4, -0.2) is 41.8 Å². The molecule has 6 rings (SSSR count). The molecule has 31 heavy (non-hydrogen) atoms. The maximum atomic E-state index is 13.7. The third-order valence-electron chi connectivity index (χ3n) is 6.69. The number of para-hydroxylation sites is 1. The molecule has 0 aliphatic carbocycles. The molecule has 158 valence electrons. The van der Waals surface area contributed by atoms with Gasteiger partial charge >= 0.3 is 0 Å². The fourth-order valence-electron chi connectivity index (χ4n) is 5.38. The van der Waals surface area contributed by atoms with Gasteiger partial charge in [-0.2, -0.15) is 0 Å². The zero-order valence-electron chi connectivity index (χ0n) is 16.5. The number of nitrogens with zero attached hydrogens (tertiary/aromatic N) is 1. The Balaban J connectivity index is 1.50. The van der Waals surface area contributed by atoms with Crippen molar-refractivity contribution in [2.24, 2.45) is 11.8 Å². The molecule has 3 amide bonds. The second-order valence-corrected chi connectivity index (χ2v) is 8.27. The van der Waals surface area contributed by atoms with Crippen molar-refractivity contribution in [2.45, 2.75) is 24.6 Å². The Morgan fingerprint density at radius 2 is 1.87 bits per heavy atom. The molecule has 9 heteroatoms. The number of carbonyl (C=O) groups excluding carboxylic acids is 3. The van der Waals surface area contributed by atoms with Crippen molar-refractivity contribution < 1.29 is 29.0 Å². The standard InChI is InChI=1S/C22H19N3O6/c1-10(26)18-16-17(22(24-18)12-4-2-3-5-13(12)23-21(22)29)20(28)25(19(16)27)11-6-7-14-15(8-11)31-9-30-14/h2-8,10,16-18,24,26H,9H2,1H3,(H,23,29)/t10-,16+,17+,18+,22+/m1/s1. The largest absolute Gasteiger partial charge is 0.454 e. The molecule has 4 heterocycles. The van der Waals surface area contributed by atoms with E-state index in [9.17, 15) is 19.5 Å². The van der Waals surface area contributed by atoms with Gasteiger partial charge in [0.05, 0.1) is 23.6 Å². The monoisotopic (exact) mass is 421 g/mol. The van der Waals surface area contributed by atoms with Gasteiger partial charge in [0.15, 0.2) is 11.5 Å². The Hall–Kier alpha value is -3.43. The highest BCUT2D eigenvalue weighted by molar-refractivity contribution is 6.26. The Morgan fingerprint density at radius 3 is 2.68 bits per heavy atom. The molecule has 0 saturated carbocycles. The molecular formula is C22H19N3O6. The van der Waals surface area contributed by atoms with Crippen LogP contribution in [0.2, 0.25) is 0 Å². The third kappa shape index (κ3) is 2.19. The minimum Gasteiger partial charge on any atom is -0.454 e. The number of aliphatic hydroxyl groups excluding tert-OH is 1. The Kier molecular flexibility index (Phi) is 3.58. The van der Waals surface area contributed by atoms with Crippen LogP contribution in [0.15, 0.2) is 42.5 Å². The smallest absolute Gasteiger partial charge is 0.250 e. The summed E-state index contributed by atoms with van der Waals surface area (Å²) in [5.74, 6) is -2.26. The zero-order valence-corrected chi connectivity index (χ0v) is 16.5. The van der Waals surface area contributed by atoms with E-state index in [4.69, 9.17) is 9.47 Å². The third-order valence-corrected chi connectivity index (χ3v) is 6.69. The van der Waals surface area contributed by atoms with Crippen LogP contribution < -0.4 is 25.0 Å². The number of hydrogen-bond acceptors (Lipinski definition) is 7. The van der Waals surface area contributed by atoms with E-state index in [-0.39, 0.29) is 6.79 Å². The van der Waals surface area contributed by atoms with Gasteiger partial charge in [0.25, 0.3) is 0 Å². The topological polar surface area (TPSA) is 117 Å². The molecule has 4 aliphatic heterocycles. The fourth-order valence-corrected chi connectivity index (χ4v) is 5.38. The number of anilines is 2. The molecule has 3 N–H and O–H groups in total. The highest BCUT2D eigenvalue weighted by Crippen LogP contribution is 2.54. The second-order valence-electron chi connectivity index (χ2n) is 8.27. The maximum Gasteiger partial charge on any atom is 0.250 e. The predicted molar refractivity (Wildman–Crippen MR) is 107 cm³/mol. The highest BCUT2D eigenvalue weighted by Gasteiger charge is 2.71. The van der Waals surface area contributed by atoms with Gasteiger partial charge in [-0.05, 0) is 25.1 Å². The van der Waals surface area contributed by atoms with Gasteiger partial charge in [-0.25, -0.2) is 4.90 Å². The number of aliphatic hydroxyl groups is 1. The van der Waals surface area contributed by atoms with Crippen LogP contribution in [0.1, 0.15) is 12.5 Å². The fraction of sp³-hybridized carbons (Fsp3) is 0.318. The molecule has 0 bridgehead atoms. The van der Waals surface area contributed by atoms with E-state index in [1.807, 2.05) is 0 Å². The summed E-state index contributed by atoms with van der Waals surface area (Å²) in [5, 5.41) is 16.4. The zero-order chi connectivity index (χ0) is 21.5. The molecule has 1 spiro atoms. The molecule has 0 unspecified atom stereocenters. The lowest BCUT2D eigenvalue weighted by molar-refractivity contribution is -0.130. The number of ether oxygens (including phenoxy) is 2. The molecule has 9 nitrogen and oxygen atoms in total. The lowest BCUT2D eigenvalue weighted by atomic mass is 9.76. The Morgan fingerprint density at radius 1 is 1.10 bits per heavy atom. The molecule has 2 aromatic carbocycles. The molecule has 2 fully saturated rings. The molecule has 2 saturated heterocycles. The summed E-state index contributed by atoms with van der Waals surface area (Å²) < 4.78 is 10.7. The number of nitrogens with one attached hydrogen (secondary N) is 2. The summed E-state index contributed by atoms with van der Waals surface area (Å²) >= 11 is 0. The highest BCUT2D eigenvalue weighted by atomic mass is 16.7. The first kappa shape index (κ1) is 18.3.